The molecule has 0 saturated heterocycles. The highest BCUT2D eigenvalue weighted by Crippen LogP contribution is 2.31. The third-order valence-electron chi connectivity index (χ3n) is 3.87. The van der Waals surface area contributed by atoms with Crippen LogP contribution in [-0.4, -0.2) is 27.6 Å². The summed E-state index contributed by atoms with van der Waals surface area (Å²) in [6, 6.07) is 7.65. The van der Waals surface area contributed by atoms with E-state index in [9.17, 15) is 9.59 Å². The molecular formula is C17H18N2O2S. The van der Waals surface area contributed by atoms with Crippen LogP contribution in [0.15, 0.2) is 41.6 Å². The summed E-state index contributed by atoms with van der Waals surface area (Å²) >= 11 is 1.64. The van der Waals surface area contributed by atoms with Crippen LogP contribution in [0.25, 0.3) is 0 Å². The second kappa shape index (κ2) is 6.48. The van der Waals surface area contributed by atoms with Gasteiger partial charge in [-0.05, 0) is 48.9 Å². The van der Waals surface area contributed by atoms with E-state index in [1.54, 1.807) is 22.6 Å². The summed E-state index contributed by atoms with van der Waals surface area (Å²) in [5.74, 6) is 0.139. The molecule has 22 heavy (non-hydrogen) atoms. The fourth-order valence-electron chi connectivity index (χ4n) is 2.47. The Hall–Kier alpha value is -1.88. The highest BCUT2D eigenvalue weighted by Gasteiger charge is 2.31. The SMILES string of the molecule is CSc1ccc(C(=O)CC(=O)C2CC2)c(Cn2cccn2)c1. The number of rotatable bonds is 7. The van der Waals surface area contributed by atoms with E-state index in [-0.39, 0.29) is 23.9 Å². The molecular weight excluding hydrogens is 296 g/mol. The lowest BCUT2D eigenvalue weighted by Crippen LogP contribution is -2.13. The van der Waals surface area contributed by atoms with Crippen LogP contribution < -0.4 is 0 Å². The topological polar surface area (TPSA) is 52.0 Å². The summed E-state index contributed by atoms with van der Waals surface area (Å²) in [5, 5.41) is 4.20. The molecule has 1 aliphatic carbocycles. The van der Waals surface area contributed by atoms with Crippen LogP contribution in [0.5, 0.6) is 0 Å². The molecule has 0 radical (unpaired) electrons. The number of carbonyl (C=O) groups is 2. The number of ketones is 2. The maximum absolute atomic E-state index is 12.5. The molecule has 1 aliphatic rings. The molecule has 3 rings (SSSR count). The first-order valence-electron chi connectivity index (χ1n) is 7.37. The number of hydrogen-bond acceptors (Lipinski definition) is 4. The predicted molar refractivity (Wildman–Crippen MR) is 86.2 cm³/mol. The summed E-state index contributed by atoms with van der Waals surface area (Å²) in [4.78, 5) is 25.5. The highest BCUT2D eigenvalue weighted by atomic mass is 32.2. The van der Waals surface area contributed by atoms with Crippen molar-refractivity contribution < 1.29 is 9.59 Å². The fourth-order valence-corrected chi connectivity index (χ4v) is 2.94. The van der Waals surface area contributed by atoms with E-state index in [2.05, 4.69) is 5.10 Å². The third kappa shape index (κ3) is 3.47. The maximum Gasteiger partial charge on any atom is 0.170 e. The quantitative estimate of drug-likeness (QED) is 0.447. The molecule has 0 spiro atoms. The van der Waals surface area contributed by atoms with Crippen LogP contribution in [0, 0.1) is 5.92 Å². The molecule has 1 fully saturated rings. The Morgan fingerprint density at radius 3 is 2.82 bits per heavy atom. The van der Waals surface area contributed by atoms with Gasteiger partial charge in [-0.2, -0.15) is 5.10 Å². The van der Waals surface area contributed by atoms with Crippen LogP contribution in [0.4, 0.5) is 0 Å². The van der Waals surface area contributed by atoms with Gasteiger partial charge in [0.2, 0.25) is 0 Å². The number of hydrogen-bond donors (Lipinski definition) is 0. The smallest absolute Gasteiger partial charge is 0.170 e. The van der Waals surface area contributed by atoms with Gasteiger partial charge in [-0.25, -0.2) is 0 Å². The molecule has 0 N–H and O–H groups in total. The number of aromatic nitrogens is 2. The largest absolute Gasteiger partial charge is 0.299 e. The number of thioether (sulfide) groups is 1. The zero-order chi connectivity index (χ0) is 15.5. The van der Waals surface area contributed by atoms with Gasteiger partial charge in [-0.3, -0.25) is 14.3 Å². The molecule has 0 unspecified atom stereocenters. The first-order valence-corrected chi connectivity index (χ1v) is 8.60. The standard InChI is InChI=1S/C17H18N2O2S/c1-22-14-5-6-15(17(21)10-16(20)12-3-4-12)13(9-14)11-19-8-2-7-18-19/h2,5-9,12H,3-4,10-11H2,1H3. The Kier molecular flexibility index (Phi) is 4.43. The van der Waals surface area contributed by atoms with E-state index in [4.69, 9.17) is 0 Å². The minimum atomic E-state index is -0.0771. The van der Waals surface area contributed by atoms with Gasteiger partial charge < -0.3 is 0 Å². The van der Waals surface area contributed by atoms with Crippen molar-refractivity contribution in [1.29, 1.82) is 0 Å². The summed E-state index contributed by atoms with van der Waals surface area (Å²) in [6.45, 7) is 0.542. The van der Waals surface area contributed by atoms with Gasteiger partial charge in [0.05, 0.1) is 13.0 Å². The second-order valence-corrected chi connectivity index (χ2v) is 6.45. The van der Waals surface area contributed by atoms with E-state index in [0.717, 1.165) is 23.3 Å². The molecule has 1 saturated carbocycles. The summed E-state index contributed by atoms with van der Waals surface area (Å²) in [5.41, 5.74) is 1.56. The average molecular weight is 314 g/mol. The van der Waals surface area contributed by atoms with Crippen molar-refractivity contribution in [2.75, 3.05) is 6.26 Å². The van der Waals surface area contributed by atoms with E-state index in [1.807, 2.05) is 36.7 Å². The summed E-state index contributed by atoms with van der Waals surface area (Å²) < 4.78 is 1.79. The van der Waals surface area contributed by atoms with Crippen molar-refractivity contribution in [3.05, 3.63) is 47.8 Å². The molecule has 5 heteroatoms. The van der Waals surface area contributed by atoms with Crippen molar-refractivity contribution in [1.82, 2.24) is 9.78 Å². The first-order chi connectivity index (χ1) is 10.7. The molecule has 114 valence electrons. The number of benzene rings is 1. The fraction of sp³-hybridized carbons (Fsp3) is 0.353. The highest BCUT2D eigenvalue weighted by molar-refractivity contribution is 7.98. The third-order valence-corrected chi connectivity index (χ3v) is 4.60. The number of nitrogens with zero attached hydrogens (tertiary/aromatic N) is 2. The van der Waals surface area contributed by atoms with E-state index in [0.29, 0.717) is 12.1 Å². The van der Waals surface area contributed by atoms with Gasteiger partial charge in [0.1, 0.15) is 5.78 Å². The molecule has 2 aromatic rings. The zero-order valence-electron chi connectivity index (χ0n) is 12.5. The second-order valence-electron chi connectivity index (χ2n) is 5.57. The minimum absolute atomic E-state index is 0.0232. The molecule has 0 bridgehead atoms. The van der Waals surface area contributed by atoms with E-state index in [1.165, 1.54) is 0 Å². The monoisotopic (exact) mass is 314 g/mol. The van der Waals surface area contributed by atoms with Crippen LogP contribution in [-0.2, 0) is 11.3 Å². The zero-order valence-corrected chi connectivity index (χ0v) is 13.3. The van der Waals surface area contributed by atoms with Crippen LogP contribution in [0.2, 0.25) is 0 Å². The van der Waals surface area contributed by atoms with Crippen molar-refractivity contribution in [3.8, 4) is 0 Å². The molecule has 0 atom stereocenters. The Labute approximate surface area is 133 Å². The van der Waals surface area contributed by atoms with Crippen molar-refractivity contribution >= 4 is 23.3 Å². The van der Waals surface area contributed by atoms with Gasteiger partial charge in [0.15, 0.2) is 5.78 Å². The average Bonchev–Trinajstić information content (AvgIpc) is 3.26. The van der Waals surface area contributed by atoms with Gasteiger partial charge in [0, 0.05) is 28.8 Å². The lowest BCUT2D eigenvalue weighted by atomic mass is 9.99. The molecule has 0 aliphatic heterocycles. The summed E-state index contributed by atoms with van der Waals surface area (Å²) in [6.07, 6.45) is 7.50. The first kappa shape index (κ1) is 15.0. The van der Waals surface area contributed by atoms with Gasteiger partial charge in [-0.15, -0.1) is 11.8 Å². The van der Waals surface area contributed by atoms with Crippen LogP contribution in [0.1, 0.15) is 35.2 Å². The lowest BCUT2D eigenvalue weighted by molar-refractivity contribution is -0.119. The summed E-state index contributed by atoms with van der Waals surface area (Å²) in [7, 11) is 0. The lowest BCUT2D eigenvalue weighted by Gasteiger charge is -2.10. The van der Waals surface area contributed by atoms with Gasteiger partial charge >= 0.3 is 0 Å². The van der Waals surface area contributed by atoms with Crippen molar-refractivity contribution in [2.45, 2.75) is 30.7 Å². The number of Topliss-reactive ketones (excluding diaryl/α,β-unsaturated/α-hetero) is 2. The van der Waals surface area contributed by atoms with E-state index >= 15 is 0 Å². The number of carbonyl (C=O) groups excluding carboxylic acids is 2. The maximum atomic E-state index is 12.5. The Morgan fingerprint density at radius 1 is 1.36 bits per heavy atom. The normalized spacial score (nSPS) is 14.0. The van der Waals surface area contributed by atoms with E-state index < -0.39 is 0 Å². The molecule has 1 heterocycles. The van der Waals surface area contributed by atoms with Crippen molar-refractivity contribution in [3.63, 3.8) is 0 Å². The Balaban J connectivity index is 1.84. The predicted octanol–water partition coefficient (Wildman–Crippen LogP) is 3.21. The molecule has 1 aromatic heterocycles. The minimum Gasteiger partial charge on any atom is -0.299 e. The Morgan fingerprint density at radius 2 is 2.18 bits per heavy atom. The van der Waals surface area contributed by atoms with Gasteiger partial charge in [-0.1, -0.05) is 0 Å². The molecule has 0 amide bonds. The molecule has 4 nitrogen and oxygen atoms in total. The van der Waals surface area contributed by atoms with Crippen LogP contribution in [0.3, 0.4) is 0 Å². The van der Waals surface area contributed by atoms with Crippen molar-refractivity contribution in [2.24, 2.45) is 5.92 Å². The van der Waals surface area contributed by atoms with Gasteiger partial charge in [0.25, 0.3) is 0 Å². The molecule has 1 aromatic carbocycles. The van der Waals surface area contributed by atoms with Crippen LogP contribution >= 0.6 is 11.8 Å². The Bertz CT molecular complexity index is 691.